The lowest BCUT2D eigenvalue weighted by Gasteiger charge is -2.36. The number of nitrogens with zero attached hydrogens (tertiary/aromatic N) is 3. The fourth-order valence-corrected chi connectivity index (χ4v) is 8.98. The van der Waals surface area contributed by atoms with E-state index in [-0.39, 0.29) is 10.9 Å². The molecule has 5 rings (SSSR count). The van der Waals surface area contributed by atoms with Crippen LogP contribution in [0.3, 0.4) is 0 Å². The Morgan fingerprint density at radius 1 is 1.03 bits per heavy atom. The highest BCUT2D eigenvalue weighted by atomic mass is 32.2. The number of likely N-dealkylation sites (tertiary alicyclic amines) is 1. The van der Waals surface area contributed by atoms with Crippen LogP contribution < -0.4 is 14.4 Å². The summed E-state index contributed by atoms with van der Waals surface area (Å²) in [4.78, 5) is 11.0. The molecule has 2 saturated carbocycles. The minimum atomic E-state index is -3.73. The second-order valence-electron chi connectivity index (χ2n) is 11.0. The van der Waals surface area contributed by atoms with Crippen molar-refractivity contribution in [3.05, 3.63) is 23.9 Å². The first kappa shape index (κ1) is 26.9. The fourth-order valence-electron chi connectivity index (χ4n) is 6.39. The van der Waals surface area contributed by atoms with E-state index in [0.29, 0.717) is 17.8 Å². The number of hydrogen-bond acceptors (Lipinski definition) is 7. The van der Waals surface area contributed by atoms with Gasteiger partial charge in [0.25, 0.3) is 0 Å². The molecule has 9 heteroatoms. The predicted octanol–water partition coefficient (Wildman–Crippen LogP) is 5.58. The molecular formula is C28H42N4O3S2. The van der Waals surface area contributed by atoms with Crippen molar-refractivity contribution in [1.29, 1.82) is 0 Å². The smallest absolute Gasteiger partial charge is 0.244 e. The van der Waals surface area contributed by atoms with Crippen LogP contribution in [-0.4, -0.2) is 63.7 Å². The average Bonchev–Trinajstić information content (AvgIpc) is 3.59. The van der Waals surface area contributed by atoms with Gasteiger partial charge in [0.15, 0.2) is 5.13 Å². The molecule has 0 unspecified atom stereocenters. The Bertz CT molecular complexity index is 1160. The van der Waals surface area contributed by atoms with Crippen LogP contribution in [0.4, 0.5) is 5.13 Å². The molecule has 3 aliphatic rings. The van der Waals surface area contributed by atoms with Crippen molar-refractivity contribution in [3.8, 4) is 16.2 Å². The summed E-state index contributed by atoms with van der Waals surface area (Å²) in [7, 11) is -0.0551. The van der Waals surface area contributed by atoms with E-state index in [9.17, 15) is 8.42 Å². The van der Waals surface area contributed by atoms with Gasteiger partial charge in [0.05, 0.1) is 17.7 Å². The highest BCUT2D eigenvalue weighted by molar-refractivity contribution is 7.89. The maximum absolute atomic E-state index is 13.6. The lowest BCUT2D eigenvalue weighted by atomic mass is 9.95. The van der Waals surface area contributed by atoms with Crippen molar-refractivity contribution >= 4 is 26.5 Å². The Labute approximate surface area is 226 Å². The lowest BCUT2D eigenvalue weighted by Crippen LogP contribution is -2.47. The van der Waals surface area contributed by atoms with Gasteiger partial charge in [-0.05, 0) is 82.3 Å². The number of thiazole rings is 1. The first-order valence-corrected chi connectivity index (χ1v) is 16.3. The van der Waals surface area contributed by atoms with E-state index < -0.39 is 10.0 Å². The quantitative estimate of drug-likeness (QED) is 0.466. The lowest BCUT2D eigenvalue weighted by molar-refractivity contribution is 0.151. The summed E-state index contributed by atoms with van der Waals surface area (Å²) in [5, 5.41) is 1.01. The highest BCUT2D eigenvalue weighted by Gasteiger charge is 2.31. The van der Waals surface area contributed by atoms with Crippen molar-refractivity contribution in [3.63, 3.8) is 0 Å². The van der Waals surface area contributed by atoms with Crippen LogP contribution in [0, 0.1) is 6.92 Å². The average molecular weight is 547 g/mol. The summed E-state index contributed by atoms with van der Waals surface area (Å²) in [5.74, 6) is 0.376. The van der Waals surface area contributed by atoms with Gasteiger partial charge in [0.1, 0.15) is 10.6 Å². The van der Waals surface area contributed by atoms with Gasteiger partial charge in [0, 0.05) is 25.2 Å². The fraction of sp³-hybridized carbons (Fsp3) is 0.679. The maximum atomic E-state index is 13.6. The third-order valence-corrected chi connectivity index (χ3v) is 11.5. The van der Waals surface area contributed by atoms with Gasteiger partial charge >= 0.3 is 0 Å². The summed E-state index contributed by atoms with van der Waals surface area (Å²) in [5.41, 5.74) is 1.80. The molecule has 2 aromatic rings. The van der Waals surface area contributed by atoms with Crippen LogP contribution in [0.2, 0.25) is 0 Å². The molecule has 7 nitrogen and oxygen atoms in total. The second-order valence-corrected chi connectivity index (χ2v) is 13.7. The van der Waals surface area contributed by atoms with Crippen LogP contribution in [0.15, 0.2) is 23.1 Å². The van der Waals surface area contributed by atoms with E-state index in [1.165, 1.54) is 64.9 Å². The molecule has 0 amide bonds. The number of nitrogens with one attached hydrogen (secondary N) is 1. The number of methoxy groups -OCH3 is 1. The molecule has 37 heavy (non-hydrogen) atoms. The Balaban J connectivity index is 1.33. The normalized spacial score (nSPS) is 20.9. The van der Waals surface area contributed by atoms with E-state index in [2.05, 4.69) is 21.6 Å². The first-order chi connectivity index (χ1) is 17.9. The standard InChI is InChI=1S/C28H42N4O3S2/c1-20-27(36-28(29-20)31(2)23-9-5-4-6-10-23)21-13-14-25(35-3)26(19-21)37(33,34)30-22-15-17-32(18-16-22)24-11-7-8-12-24/h13-14,19,22-24,30H,4-12,15-18H2,1-3H3. The number of anilines is 1. The van der Waals surface area contributed by atoms with Gasteiger partial charge in [-0.2, -0.15) is 0 Å². The third kappa shape index (κ3) is 6.00. The number of benzene rings is 1. The monoisotopic (exact) mass is 546 g/mol. The largest absolute Gasteiger partial charge is 0.495 e. The molecule has 0 radical (unpaired) electrons. The molecule has 1 aliphatic heterocycles. The molecule has 1 N–H and O–H groups in total. The zero-order valence-corrected chi connectivity index (χ0v) is 24.2. The molecule has 204 valence electrons. The third-order valence-electron chi connectivity index (χ3n) is 8.62. The van der Waals surface area contributed by atoms with Crippen LogP contribution in [-0.2, 0) is 10.0 Å². The Morgan fingerprint density at radius 3 is 2.38 bits per heavy atom. The Hall–Kier alpha value is -1.68. The molecule has 3 fully saturated rings. The number of ether oxygens (including phenoxy) is 1. The molecule has 1 saturated heterocycles. The summed E-state index contributed by atoms with van der Waals surface area (Å²) in [6.07, 6.45) is 13.2. The van der Waals surface area contributed by atoms with E-state index in [0.717, 1.165) is 47.2 Å². The molecule has 0 bridgehead atoms. The number of piperidine rings is 1. The molecule has 2 aliphatic carbocycles. The van der Waals surface area contributed by atoms with Crippen molar-refractivity contribution < 1.29 is 13.2 Å². The van der Waals surface area contributed by atoms with Crippen molar-refractivity contribution in [1.82, 2.24) is 14.6 Å². The summed E-state index contributed by atoms with van der Waals surface area (Å²) >= 11 is 1.65. The van der Waals surface area contributed by atoms with E-state index >= 15 is 0 Å². The first-order valence-electron chi connectivity index (χ1n) is 14.0. The molecule has 0 atom stereocenters. The van der Waals surface area contributed by atoms with Gasteiger partial charge in [-0.25, -0.2) is 18.1 Å². The maximum Gasteiger partial charge on any atom is 0.244 e. The minimum absolute atomic E-state index is 0.0445. The highest BCUT2D eigenvalue weighted by Crippen LogP contribution is 2.39. The van der Waals surface area contributed by atoms with Crippen molar-refractivity contribution in [2.24, 2.45) is 0 Å². The number of hydrogen-bond donors (Lipinski definition) is 1. The van der Waals surface area contributed by atoms with Crippen LogP contribution in [0.25, 0.3) is 10.4 Å². The van der Waals surface area contributed by atoms with Gasteiger partial charge in [-0.1, -0.05) is 43.4 Å². The molecule has 1 aromatic carbocycles. The number of aromatic nitrogens is 1. The Kier molecular flexibility index (Phi) is 8.43. The van der Waals surface area contributed by atoms with E-state index in [4.69, 9.17) is 9.72 Å². The predicted molar refractivity (Wildman–Crippen MR) is 151 cm³/mol. The van der Waals surface area contributed by atoms with Crippen LogP contribution in [0.1, 0.15) is 76.3 Å². The van der Waals surface area contributed by atoms with Gasteiger partial charge in [0.2, 0.25) is 10.0 Å². The number of aryl methyl sites for hydroxylation is 1. The summed E-state index contributed by atoms with van der Waals surface area (Å²) < 4.78 is 35.7. The van der Waals surface area contributed by atoms with Crippen LogP contribution >= 0.6 is 11.3 Å². The van der Waals surface area contributed by atoms with E-state index in [1.807, 2.05) is 13.0 Å². The van der Waals surface area contributed by atoms with Gasteiger partial charge in [-0.3, -0.25) is 0 Å². The number of rotatable bonds is 8. The number of sulfonamides is 1. The molecule has 2 heterocycles. The van der Waals surface area contributed by atoms with Gasteiger partial charge < -0.3 is 14.5 Å². The second kappa shape index (κ2) is 11.6. The molecule has 1 aromatic heterocycles. The SMILES string of the molecule is COc1ccc(-c2sc(N(C)C3CCCCC3)nc2C)cc1S(=O)(=O)NC1CCN(C2CCCC2)CC1. The van der Waals surface area contributed by atoms with Crippen molar-refractivity contribution in [2.45, 2.75) is 101 Å². The molecule has 0 spiro atoms. The zero-order chi connectivity index (χ0) is 26.0. The Morgan fingerprint density at radius 2 is 1.70 bits per heavy atom. The minimum Gasteiger partial charge on any atom is -0.495 e. The summed E-state index contributed by atoms with van der Waals surface area (Å²) in [6.45, 7) is 3.94. The van der Waals surface area contributed by atoms with Crippen molar-refractivity contribution in [2.75, 3.05) is 32.1 Å². The van der Waals surface area contributed by atoms with Crippen LogP contribution in [0.5, 0.6) is 5.75 Å². The topological polar surface area (TPSA) is 74.8 Å². The zero-order valence-electron chi connectivity index (χ0n) is 22.5. The van der Waals surface area contributed by atoms with E-state index in [1.54, 1.807) is 23.5 Å². The van der Waals surface area contributed by atoms with Gasteiger partial charge in [-0.15, -0.1) is 0 Å². The summed E-state index contributed by atoms with van der Waals surface area (Å²) in [6, 6.07) is 6.66. The molecular weight excluding hydrogens is 504 g/mol.